The number of aliphatic hydroxyl groups excluding tert-OH is 4. The number of aliphatic hydroxyl groups is 4. The number of nitrogens with zero attached hydrogens (tertiary/aromatic N) is 3. The molecule has 5 heterocycles. The molecule has 0 saturated carbocycles. The number of ether oxygens (including phenoxy) is 3. The first-order valence-electron chi connectivity index (χ1n) is 18.1. The fraction of sp³-hybridized carbons (Fsp3) is 0.395. The molecule has 0 bridgehead atoms. The lowest BCUT2D eigenvalue weighted by atomic mass is 9.97. The predicted molar refractivity (Wildman–Crippen MR) is 199 cm³/mol. The molecule has 4 amide bonds. The van der Waals surface area contributed by atoms with Crippen LogP contribution < -0.4 is 25.4 Å². The lowest BCUT2D eigenvalue weighted by Gasteiger charge is -2.40. The molecule has 3 aliphatic heterocycles. The molecule has 296 valence electrons. The van der Waals surface area contributed by atoms with E-state index in [1.54, 1.807) is 54.4 Å². The number of carbonyl (C=O) groups excluding carboxylic acids is 4. The van der Waals surface area contributed by atoms with Crippen molar-refractivity contribution < 1.29 is 58.2 Å². The third kappa shape index (κ3) is 7.82. The van der Waals surface area contributed by atoms with Gasteiger partial charge in [-0.05, 0) is 55.7 Å². The van der Waals surface area contributed by atoms with Crippen molar-refractivity contribution in [3.8, 4) is 11.5 Å². The maximum Gasteiger partial charge on any atom is 0.287 e. The topological polar surface area (TPSA) is 247 Å². The second-order valence-electron chi connectivity index (χ2n) is 13.8. The van der Waals surface area contributed by atoms with Crippen molar-refractivity contribution in [3.05, 3.63) is 65.7 Å². The Hall–Kier alpha value is -5.79. The number of fused-ring (bicyclic) bond motifs is 3. The molecule has 0 radical (unpaired) electrons. The summed E-state index contributed by atoms with van der Waals surface area (Å²) in [6, 6.07) is 9.55. The average Bonchev–Trinajstić information content (AvgIpc) is 3.91. The van der Waals surface area contributed by atoms with Crippen LogP contribution in [0, 0.1) is 0 Å². The van der Waals surface area contributed by atoms with Crippen LogP contribution in [0.25, 0.3) is 11.0 Å². The van der Waals surface area contributed by atoms with E-state index >= 15 is 0 Å². The summed E-state index contributed by atoms with van der Waals surface area (Å²) in [4.78, 5) is 58.4. The lowest BCUT2D eigenvalue weighted by Crippen LogP contribution is -2.64. The quantitative estimate of drug-likeness (QED) is 0.102. The number of benzene rings is 2. The van der Waals surface area contributed by atoms with Crippen molar-refractivity contribution in [1.29, 1.82) is 0 Å². The number of rotatable bonds is 12. The fourth-order valence-corrected chi connectivity index (χ4v) is 7.02. The van der Waals surface area contributed by atoms with Gasteiger partial charge in [0.2, 0.25) is 5.91 Å². The minimum absolute atomic E-state index is 0.0190. The Morgan fingerprint density at radius 2 is 1.82 bits per heavy atom. The molecule has 18 nitrogen and oxygen atoms in total. The molecule has 4 aromatic rings. The summed E-state index contributed by atoms with van der Waals surface area (Å²) in [5.74, 6) is -1.00. The number of hydrogen-bond donors (Lipinski definition) is 7. The van der Waals surface area contributed by atoms with Gasteiger partial charge < -0.3 is 64.5 Å². The van der Waals surface area contributed by atoms with E-state index in [4.69, 9.17) is 18.6 Å². The zero-order valence-electron chi connectivity index (χ0n) is 30.5. The Balaban J connectivity index is 0.910. The molecule has 2 aromatic heterocycles. The van der Waals surface area contributed by atoms with Gasteiger partial charge in [0.25, 0.3) is 17.7 Å². The number of aromatic nitrogens is 1. The molecule has 0 aliphatic carbocycles. The van der Waals surface area contributed by atoms with Crippen molar-refractivity contribution >= 4 is 57.9 Å². The van der Waals surface area contributed by atoms with E-state index in [1.807, 2.05) is 4.90 Å². The van der Waals surface area contributed by atoms with Gasteiger partial charge in [0.05, 0.1) is 43.3 Å². The van der Waals surface area contributed by atoms with Gasteiger partial charge in [-0.25, -0.2) is 0 Å². The van der Waals surface area contributed by atoms with Gasteiger partial charge in [0, 0.05) is 49.6 Å². The van der Waals surface area contributed by atoms with Crippen molar-refractivity contribution in [2.45, 2.75) is 62.4 Å². The van der Waals surface area contributed by atoms with E-state index in [2.05, 4.69) is 20.9 Å². The van der Waals surface area contributed by atoms with Gasteiger partial charge in [-0.15, -0.1) is 0 Å². The van der Waals surface area contributed by atoms with Gasteiger partial charge in [-0.3, -0.25) is 24.2 Å². The van der Waals surface area contributed by atoms with E-state index in [-0.39, 0.29) is 42.3 Å². The normalized spacial score (nSPS) is 23.0. The summed E-state index contributed by atoms with van der Waals surface area (Å²) in [5.41, 5.74) is 2.33. The molecule has 2 fully saturated rings. The summed E-state index contributed by atoms with van der Waals surface area (Å²) >= 11 is 0. The highest BCUT2D eigenvalue weighted by molar-refractivity contribution is 6.06. The van der Waals surface area contributed by atoms with Gasteiger partial charge in [0.15, 0.2) is 23.5 Å². The van der Waals surface area contributed by atoms with Crippen LogP contribution in [0.1, 0.15) is 57.1 Å². The number of anilines is 2. The van der Waals surface area contributed by atoms with Gasteiger partial charge in [-0.2, -0.15) is 0 Å². The van der Waals surface area contributed by atoms with E-state index in [0.717, 1.165) is 12.8 Å². The summed E-state index contributed by atoms with van der Waals surface area (Å²) in [5, 5.41) is 48.3. The number of carbonyl (C=O) groups is 4. The van der Waals surface area contributed by atoms with Crippen molar-refractivity contribution in [3.63, 3.8) is 0 Å². The Kier molecular flexibility index (Phi) is 11.1. The maximum absolute atomic E-state index is 13.2. The molecule has 2 aromatic carbocycles. The second-order valence-corrected chi connectivity index (χ2v) is 13.8. The SMILES string of the molecule is COc1cc2c(cc1OCCCC(=O)Nc1cc(C(=O)Nc3ccc4oc(C(=O)NC5C(O)OC(CO)C(O)C5O)cc4c3)n(C)c1)N=C[C@@H]1CCCN1C2=O. The van der Waals surface area contributed by atoms with Crippen LogP contribution in [0.5, 0.6) is 11.5 Å². The Labute approximate surface area is 319 Å². The molecule has 7 rings (SSSR count). The number of methoxy groups -OCH3 is 1. The highest BCUT2D eigenvalue weighted by Crippen LogP contribution is 2.38. The fourth-order valence-electron chi connectivity index (χ4n) is 7.02. The van der Waals surface area contributed by atoms with E-state index < -0.39 is 49.1 Å². The summed E-state index contributed by atoms with van der Waals surface area (Å²) in [6.07, 6.45) is -0.374. The smallest absolute Gasteiger partial charge is 0.287 e. The van der Waals surface area contributed by atoms with Crippen LogP contribution in [-0.2, 0) is 16.6 Å². The Bertz CT molecular complexity index is 2180. The van der Waals surface area contributed by atoms with Crippen LogP contribution >= 0.6 is 0 Å². The number of aryl methyl sites for hydroxylation is 1. The Morgan fingerprint density at radius 1 is 1.00 bits per heavy atom. The highest BCUT2D eigenvalue weighted by atomic mass is 16.6. The molecule has 5 unspecified atom stereocenters. The Morgan fingerprint density at radius 3 is 2.61 bits per heavy atom. The molecule has 56 heavy (non-hydrogen) atoms. The zero-order valence-corrected chi connectivity index (χ0v) is 30.5. The molecular weight excluding hydrogens is 732 g/mol. The summed E-state index contributed by atoms with van der Waals surface area (Å²) < 4.78 is 23.7. The molecule has 6 atom stereocenters. The minimum Gasteiger partial charge on any atom is -0.493 e. The monoisotopic (exact) mass is 774 g/mol. The van der Waals surface area contributed by atoms with Crippen LogP contribution in [0.4, 0.5) is 17.1 Å². The first-order chi connectivity index (χ1) is 26.9. The number of hydrogen-bond acceptors (Lipinski definition) is 13. The van der Waals surface area contributed by atoms with E-state index in [1.165, 1.54) is 19.2 Å². The van der Waals surface area contributed by atoms with Crippen LogP contribution in [0.3, 0.4) is 0 Å². The van der Waals surface area contributed by atoms with Crippen LogP contribution in [-0.4, -0.2) is 123 Å². The van der Waals surface area contributed by atoms with Gasteiger partial charge >= 0.3 is 0 Å². The largest absolute Gasteiger partial charge is 0.493 e. The molecule has 7 N–H and O–H groups in total. The second kappa shape index (κ2) is 16.1. The van der Waals surface area contributed by atoms with Gasteiger partial charge in [0.1, 0.15) is 35.6 Å². The number of aliphatic imine (C=N–C) groups is 1. The molecular formula is C38H42N6O12. The van der Waals surface area contributed by atoms with Gasteiger partial charge in [-0.1, -0.05) is 0 Å². The molecule has 2 saturated heterocycles. The van der Waals surface area contributed by atoms with E-state index in [0.29, 0.717) is 58.1 Å². The maximum atomic E-state index is 13.2. The number of furan rings is 1. The standard InChI is InChI=1S/C38H42N6O12/c1-43-17-21(40-31(46)6-4-10-54-28-15-24-23(14-27(28)53-2)37(51)44-9-3-5-22(44)16-39-24)13-25(43)35(49)41-20-7-8-26-19(11-20)12-29(55-26)36(50)42-32-34(48)33(47)30(18-45)56-38(32)52/h7-8,11-17,22,30,32-34,38,45,47-48,52H,3-6,9-10,18H2,1-2H3,(H,40,46)(H,41,49)(H,42,50)/t22-,30?,32?,33?,34?,38?/m0/s1. The summed E-state index contributed by atoms with van der Waals surface area (Å²) in [6.45, 7) is 0.240. The third-order valence-corrected chi connectivity index (χ3v) is 9.98. The first kappa shape index (κ1) is 38.5. The highest BCUT2D eigenvalue weighted by Gasteiger charge is 2.44. The molecule has 18 heteroatoms. The van der Waals surface area contributed by atoms with Crippen molar-refractivity contribution in [2.75, 3.05) is 37.5 Å². The lowest BCUT2D eigenvalue weighted by molar-refractivity contribution is -0.252. The molecule has 3 aliphatic rings. The molecule has 0 spiro atoms. The first-order valence-corrected chi connectivity index (χ1v) is 18.1. The van der Waals surface area contributed by atoms with Crippen molar-refractivity contribution in [1.82, 2.24) is 14.8 Å². The zero-order chi connectivity index (χ0) is 39.7. The summed E-state index contributed by atoms with van der Waals surface area (Å²) in [7, 11) is 3.15. The van der Waals surface area contributed by atoms with Crippen LogP contribution in [0.2, 0.25) is 0 Å². The van der Waals surface area contributed by atoms with E-state index in [9.17, 15) is 39.6 Å². The van der Waals surface area contributed by atoms with Crippen LogP contribution in [0.15, 0.2) is 58.1 Å². The number of nitrogens with one attached hydrogen (secondary N) is 3. The average molecular weight is 775 g/mol. The third-order valence-electron chi connectivity index (χ3n) is 9.98. The predicted octanol–water partition coefficient (Wildman–Crippen LogP) is 1.68. The van der Waals surface area contributed by atoms with Crippen molar-refractivity contribution in [2.24, 2.45) is 12.0 Å². The minimum atomic E-state index is -1.70. The number of amides is 4.